The highest BCUT2D eigenvalue weighted by Crippen LogP contribution is 2.17. The highest BCUT2D eigenvalue weighted by Gasteiger charge is 2.03. The van der Waals surface area contributed by atoms with Gasteiger partial charge in [-0.05, 0) is 43.4 Å². The first-order valence-electron chi connectivity index (χ1n) is 5.55. The highest BCUT2D eigenvalue weighted by atomic mass is 16.5. The summed E-state index contributed by atoms with van der Waals surface area (Å²) >= 11 is 0. The SMILES string of the molecule is C/C=C/C(CC)Cc1ccc(OC)cc1. The number of benzene rings is 1. The largest absolute Gasteiger partial charge is 0.497 e. The van der Waals surface area contributed by atoms with Crippen LogP contribution in [0.3, 0.4) is 0 Å². The quantitative estimate of drug-likeness (QED) is 0.662. The molecule has 0 aromatic heterocycles. The summed E-state index contributed by atoms with van der Waals surface area (Å²) < 4.78 is 5.13. The van der Waals surface area contributed by atoms with Gasteiger partial charge in [0, 0.05) is 0 Å². The van der Waals surface area contributed by atoms with E-state index in [1.54, 1.807) is 7.11 Å². The molecule has 0 heterocycles. The summed E-state index contributed by atoms with van der Waals surface area (Å²) in [4.78, 5) is 0. The van der Waals surface area contributed by atoms with E-state index in [2.05, 4.69) is 38.1 Å². The average Bonchev–Trinajstić information content (AvgIpc) is 2.29. The van der Waals surface area contributed by atoms with Crippen LogP contribution in [0, 0.1) is 5.92 Å². The Kier molecular flexibility index (Phi) is 4.96. The van der Waals surface area contributed by atoms with Gasteiger partial charge in [0.2, 0.25) is 0 Å². The smallest absolute Gasteiger partial charge is 0.118 e. The van der Waals surface area contributed by atoms with Crippen LogP contribution in [-0.2, 0) is 6.42 Å². The normalized spacial score (nSPS) is 13.0. The van der Waals surface area contributed by atoms with Crippen molar-refractivity contribution in [3.63, 3.8) is 0 Å². The van der Waals surface area contributed by atoms with Gasteiger partial charge in [-0.2, -0.15) is 0 Å². The van der Waals surface area contributed by atoms with Crippen LogP contribution in [0.25, 0.3) is 0 Å². The number of methoxy groups -OCH3 is 1. The summed E-state index contributed by atoms with van der Waals surface area (Å²) in [6.45, 7) is 4.31. The average molecular weight is 204 g/mol. The summed E-state index contributed by atoms with van der Waals surface area (Å²) in [5.74, 6) is 1.58. The molecule has 0 aliphatic rings. The molecule has 1 atom stereocenters. The van der Waals surface area contributed by atoms with Crippen LogP contribution in [0.2, 0.25) is 0 Å². The maximum absolute atomic E-state index is 5.13. The van der Waals surface area contributed by atoms with Crippen molar-refractivity contribution in [1.29, 1.82) is 0 Å². The van der Waals surface area contributed by atoms with E-state index in [1.165, 1.54) is 12.0 Å². The maximum Gasteiger partial charge on any atom is 0.118 e. The third-order valence-electron chi connectivity index (χ3n) is 2.65. The summed E-state index contributed by atoms with van der Waals surface area (Å²) in [5.41, 5.74) is 1.38. The Labute approximate surface area is 92.8 Å². The lowest BCUT2D eigenvalue weighted by molar-refractivity contribution is 0.414. The van der Waals surface area contributed by atoms with Crippen LogP contribution in [-0.4, -0.2) is 7.11 Å². The third kappa shape index (κ3) is 3.78. The minimum Gasteiger partial charge on any atom is -0.497 e. The van der Waals surface area contributed by atoms with Crippen LogP contribution in [0.5, 0.6) is 5.75 Å². The monoisotopic (exact) mass is 204 g/mol. The molecule has 82 valence electrons. The Hall–Kier alpha value is -1.24. The predicted octanol–water partition coefficient (Wildman–Crippen LogP) is 3.84. The molecule has 0 aliphatic carbocycles. The van der Waals surface area contributed by atoms with Gasteiger partial charge in [-0.25, -0.2) is 0 Å². The minimum absolute atomic E-state index is 0.656. The molecule has 1 aromatic carbocycles. The minimum atomic E-state index is 0.656. The molecule has 0 saturated carbocycles. The molecule has 1 rings (SSSR count). The van der Waals surface area contributed by atoms with Crippen LogP contribution in [0.4, 0.5) is 0 Å². The van der Waals surface area contributed by atoms with Crippen molar-refractivity contribution >= 4 is 0 Å². The van der Waals surface area contributed by atoms with Crippen molar-refractivity contribution in [2.24, 2.45) is 5.92 Å². The van der Waals surface area contributed by atoms with Crippen LogP contribution >= 0.6 is 0 Å². The zero-order chi connectivity index (χ0) is 11.1. The standard InChI is InChI=1S/C14H20O/c1-4-6-12(5-2)11-13-7-9-14(15-3)10-8-13/h4,6-10,12H,5,11H2,1-3H3/b6-4+. The first-order valence-corrected chi connectivity index (χ1v) is 5.55. The Balaban J connectivity index is 2.62. The molecule has 0 N–H and O–H groups in total. The van der Waals surface area contributed by atoms with Crippen molar-refractivity contribution in [3.05, 3.63) is 42.0 Å². The fraction of sp³-hybridized carbons (Fsp3) is 0.429. The van der Waals surface area contributed by atoms with Crippen molar-refractivity contribution < 1.29 is 4.74 Å². The molecule has 0 radical (unpaired) electrons. The van der Waals surface area contributed by atoms with Gasteiger partial charge in [0.05, 0.1) is 7.11 Å². The molecule has 1 aromatic rings. The fourth-order valence-electron chi connectivity index (χ4n) is 1.68. The number of rotatable bonds is 5. The molecule has 1 unspecified atom stereocenters. The Morgan fingerprint density at radius 3 is 2.40 bits per heavy atom. The Bertz CT molecular complexity index is 298. The lowest BCUT2D eigenvalue weighted by atomic mass is 9.96. The fourth-order valence-corrected chi connectivity index (χ4v) is 1.68. The molecule has 0 amide bonds. The third-order valence-corrected chi connectivity index (χ3v) is 2.65. The topological polar surface area (TPSA) is 9.23 Å². The number of hydrogen-bond acceptors (Lipinski definition) is 1. The number of hydrogen-bond donors (Lipinski definition) is 0. The first-order chi connectivity index (χ1) is 7.30. The second-order valence-corrected chi connectivity index (χ2v) is 3.75. The number of allylic oxidation sites excluding steroid dienone is 2. The lowest BCUT2D eigenvalue weighted by Gasteiger charge is -2.10. The van der Waals surface area contributed by atoms with Crippen molar-refractivity contribution in [3.8, 4) is 5.75 Å². The highest BCUT2D eigenvalue weighted by molar-refractivity contribution is 5.27. The van der Waals surface area contributed by atoms with E-state index in [9.17, 15) is 0 Å². The zero-order valence-corrected chi connectivity index (χ0v) is 9.86. The molecular formula is C14H20O. The Morgan fingerprint density at radius 1 is 1.27 bits per heavy atom. The van der Waals surface area contributed by atoms with Crippen molar-refractivity contribution in [2.45, 2.75) is 26.7 Å². The summed E-state index contributed by atoms with van der Waals surface area (Å²) in [5, 5.41) is 0. The van der Waals surface area contributed by atoms with E-state index in [1.807, 2.05) is 12.1 Å². The molecule has 0 fully saturated rings. The van der Waals surface area contributed by atoms with Gasteiger partial charge in [0.15, 0.2) is 0 Å². The zero-order valence-electron chi connectivity index (χ0n) is 9.86. The van der Waals surface area contributed by atoms with Crippen molar-refractivity contribution in [1.82, 2.24) is 0 Å². The van der Waals surface area contributed by atoms with Gasteiger partial charge in [0.1, 0.15) is 5.75 Å². The van der Waals surface area contributed by atoms with Gasteiger partial charge in [-0.1, -0.05) is 31.2 Å². The predicted molar refractivity (Wildman–Crippen MR) is 65.3 cm³/mol. The molecular weight excluding hydrogens is 184 g/mol. The van der Waals surface area contributed by atoms with Crippen LogP contribution < -0.4 is 4.74 Å². The second kappa shape index (κ2) is 6.28. The number of ether oxygens (including phenoxy) is 1. The van der Waals surface area contributed by atoms with Gasteiger partial charge < -0.3 is 4.74 Å². The molecule has 1 heteroatoms. The summed E-state index contributed by atoms with van der Waals surface area (Å²) in [6, 6.07) is 8.34. The van der Waals surface area contributed by atoms with E-state index >= 15 is 0 Å². The first kappa shape index (κ1) is 11.8. The van der Waals surface area contributed by atoms with Crippen molar-refractivity contribution in [2.75, 3.05) is 7.11 Å². The molecule has 0 saturated heterocycles. The van der Waals surface area contributed by atoms with E-state index in [4.69, 9.17) is 4.74 Å². The van der Waals surface area contributed by atoms with E-state index in [0.717, 1.165) is 12.2 Å². The molecule has 0 aliphatic heterocycles. The molecule has 1 nitrogen and oxygen atoms in total. The van der Waals surface area contributed by atoms with Gasteiger partial charge in [-0.15, -0.1) is 0 Å². The van der Waals surface area contributed by atoms with Gasteiger partial charge >= 0.3 is 0 Å². The van der Waals surface area contributed by atoms with Gasteiger partial charge in [-0.3, -0.25) is 0 Å². The summed E-state index contributed by atoms with van der Waals surface area (Å²) in [7, 11) is 1.70. The lowest BCUT2D eigenvalue weighted by Crippen LogP contribution is -1.99. The second-order valence-electron chi connectivity index (χ2n) is 3.75. The molecule has 15 heavy (non-hydrogen) atoms. The van der Waals surface area contributed by atoms with Crippen LogP contribution in [0.1, 0.15) is 25.8 Å². The maximum atomic E-state index is 5.13. The molecule has 0 bridgehead atoms. The van der Waals surface area contributed by atoms with E-state index in [0.29, 0.717) is 5.92 Å². The summed E-state index contributed by atoms with van der Waals surface area (Å²) in [6.07, 6.45) is 6.73. The van der Waals surface area contributed by atoms with Gasteiger partial charge in [0.25, 0.3) is 0 Å². The Morgan fingerprint density at radius 2 is 1.93 bits per heavy atom. The van der Waals surface area contributed by atoms with E-state index < -0.39 is 0 Å². The van der Waals surface area contributed by atoms with Crippen LogP contribution in [0.15, 0.2) is 36.4 Å². The van der Waals surface area contributed by atoms with E-state index in [-0.39, 0.29) is 0 Å². The molecule has 0 spiro atoms.